The molecule has 0 aliphatic heterocycles. The maximum atomic E-state index is 12.1. The zero-order valence-electron chi connectivity index (χ0n) is 14.9. The number of benzene rings is 2. The van der Waals surface area contributed by atoms with E-state index in [-0.39, 0.29) is 11.8 Å². The molecule has 3 rings (SSSR count). The van der Waals surface area contributed by atoms with E-state index in [1.54, 1.807) is 18.2 Å². The molecule has 140 valence electrons. The summed E-state index contributed by atoms with van der Waals surface area (Å²) in [5.74, 6) is -0.0800. The number of carbonyl (C=O) groups is 2. The Labute approximate surface area is 166 Å². The van der Waals surface area contributed by atoms with Crippen molar-refractivity contribution in [3.63, 3.8) is 0 Å². The number of hydrogen-bond acceptors (Lipinski definition) is 4. The normalized spacial score (nSPS) is 10.7. The third kappa shape index (κ3) is 5.52. The number of amides is 2. The van der Waals surface area contributed by atoms with Crippen molar-refractivity contribution in [2.45, 2.75) is 32.6 Å². The van der Waals surface area contributed by atoms with Crippen LogP contribution in [0.2, 0.25) is 5.02 Å². The fourth-order valence-electron chi connectivity index (χ4n) is 2.63. The zero-order valence-corrected chi connectivity index (χ0v) is 16.5. The van der Waals surface area contributed by atoms with Crippen molar-refractivity contribution in [3.05, 3.63) is 53.1 Å². The predicted molar refractivity (Wildman–Crippen MR) is 112 cm³/mol. The summed E-state index contributed by atoms with van der Waals surface area (Å²) in [6, 6.07) is 13.0. The van der Waals surface area contributed by atoms with Crippen molar-refractivity contribution in [2.75, 3.05) is 10.6 Å². The van der Waals surface area contributed by atoms with Crippen molar-refractivity contribution in [1.82, 2.24) is 4.98 Å². The summed E-state index contributed by atoms with van der Waals surface area (Å²) in [6.07, 6.45) is 2.29. The number of thiazole rings is 1. The standard InChI is InChI=1S/C20H20ClN3O2S/c1-2-4-18(25)24-20-23-16-9-7-13(11-17(16)27-20)8-10-19(26)22-15-6-3-5-14(21)12-15/h3,5-7,9,11-12H,2,4,8,10H2,1H3,(H,22,26)(H,23,24,25). The second-order valence-electron chi connectivity index (χ2n) is 6.18. The van der Waals surface area contributed by atoms with E-state index in [0.29, 0.717) is 35.1 Å². The van der Waals surface area contributed by atoms with Gasteiger partial charge in [0, 0.05) is 23.6 Å². The molecule has 7 heteroatoms. The molecule has 2 aromatic carbocycles. The maximum absolute atomic E-state index is 12.1. The van der Waals surface area contributed by atoms with Crippen LogP contribution in [0.3, 0.4) is 0 Å². The van der Waals surface area contributed by atoms with Gasteiger partial charge in [-0.15, -0.1) is 0 Å². The van der Waals surface area contributed by atoms with Gasteiger partial charge in [-0.05, 0) is 48.7 Å². The van der Waals surface area contributed by atoms with Gasteiger partial charge in [0.1, 0.15) is 0 Å². The van der Waals surface area contributed by atoms with E-state index in [1.165, 1.54) is 11.3 Å². The number of halogens is 1. The Morgan fingerprint density at radius 3 is 2.67 bits per heavy atom. The van der Waals surface area contributed by atoms with Gasteiger partial charge in [0.25, 0.3) is 0 Å². The second-order valence-corrected chi connectivity index (χ2v) is 7.64. The molecule has 0 radical (unpaired) electrons. The first-order valence-electron chi connectivity index (χ1n) is 8.78. The summed E-state index contributed by atoms with van der Waals surface area (Å²) < 4.78 is 0.995. The predicted octanol–water partition coefficient (Wildman–Crippen LogP) is 5.26. The fourth-order valence-corrected chi connectivity index (χ4v) is 3.77. The van der Waals surface area contributed by atoms with Gasteiger partial charge < -0.3 is 10.6 Å². The van der Waals surface area contributed by atoms with Crippen molar-refractivity contribution in [1.29, 1.82) is 0 Å². The van der Waals surface area contributed by atoms with Gasteiger partial charge in [-0.3, -0.25) is 9.59 Å². The van der Waals surface area contributed by atoms with Crippen LogP contribution in [0.5, 0.6) is 0 Å². The minimum atomic E-state index is -0.0609. The molecule has 0 aliphatic rings. The average Bonchev–Trinajstić information content (AvgIpc) is 3.01. The number of carbonyl (C=O) groups excluding carboxylic acids is 2. The van der Waals surface area contributed by atoms with Crippen LogP contribution in [-0.4, -0.2) is 16.8 Å². The molecule has 0 bridgehead atoms. The molecule has 0 unspecified atom stereocenters. The van der Waals surface area contributed by atoms with Gasteiger partial charge >= 0.3 is 0 Å². The van der Waals surface area contributed by atoms with Gasteiger partial charge in [0.2, 0.25) is 11.8 Å². The summed E-state index contributed by atoms with van der Waals surface area (Å²) >= 11 is 7.37. The van der Waals surface area contributed by atoms with Crippen molar-refractivity contribution < 1.29 is 9.59 Å². The number of nitrogens with zero attached hydrogens (tertiary/aromatic N) is 1. The molecule has 5 nitrogen and oxygen atoms in total. The monoisotopic (exact) mass is 401 g/mol. The maximum Gasteiger partial charge on any atom is 0.226 e. The lowest BCUT2D eigenvalue weighted by molar-refractivity contribution is -0.117. The molecule has 0 aliphatic carbocycles. The molecular formula is C20H20ClN3O2S. The van der Waals surface area contributed by atoms with Crippen LogP contribution in [0.25, 0.3) is 10.2 Å². The number of nitrogens with one attached hydrogen (secondary N) is 2. The Morgan fingerprint density at radius 2 is 1.89 bits per heavy atom. The van der Waals surface area contributed by atoms with Gasteiger partial charge in [-0.1, -0.05) is 42.0 Å². The lowest BCUT2D eigenvalue weighted by Crippen LogP contribution is -2.12. The summed E-state index contributed by atoms with van der Waals surface area (Å²) in [5.41, 5.74) is 2.59. The Kier molecular flexibility index (Phi) is 6.42. The molecule has 0 saturated carbocycles. The van der Waals surface area contributed by atoms with Gasteiger partial charge in [-0.2, -0.15) is 0 Å². The van der Waals surface area contributed by atoms with E-state index >= 15 is 0 Å². The topological polar surface area (TPSA) is 71.1 Å². The second kappa shape index (κ2) is 8.97. The molecule has 2 N–H and O–H groups in total. The van der Waals surface area contributed by atoms with E-state index in [0.717, 1.165) is 22.2 Å². The van der Waals surface area contributed by atoms with Crippen molar-refractivity contribution >= 4 is 55.8 Å². The highest BCUT2D eigenvalue weighted by Crippen LogP contribution is 2.27. The minimum Gasteiger partial charge on any atom is -0.326 e. The number of fused-ring (bicyclic) bond motifs is 1. The van der Waals surface area contributed by atoms with Crippen LogP contribution < -0.4 is 10.6 Å². The zero-order chi connectivity index (χ0) is 19.2. The summed E-state index contributed by atoms with van der Waals surface area (Å²) in [6.45, 7) is 1.97. The third-order valence-electron chi connectivity index (χ3n) is 3.93. The summed E-state index contributed by atoms with van der Waals surface area (Å²) in [7, 11) is 0. The molecule has 0 atom stereocenters. The molecule has 1 heterocycles. The van der Waals surface area contributed by atoms with Gasteiger partial charge in [-0.25, -0.2) is 4.98 Å². The number of hydrogen-bond donors (Lipinski definition) is 2. The third-order valence-corrected chi connectivity index (χ3v) is 5.09. The van der Waals surface area contributed by atoms with Gasteiger partial charge in [0.15, 0.2) is 5.13 Å². The highest BCUT2D eigenvalue weighted by atomic mass is 35.5. The first-order valence-corrected chi connectivity index (χ1v) is 9.97. The highest BCUT2D eigenvalue weighted by molar-refractivity contribution is 7.22. The molecule has 1 aromatic heterocycles. The number of aromatic nitrogens is 1. The van der Waals surface area contributed by atoms with Gasteiger partial charge in [0.05, 0.1) is 10.2 Å². The van der Waals surface area contributed by atoms with Crippen LogP contribution in [-0.2, 0) is 16.0 Å². The Hall–Kier alpha value is -2.44. The number of anilines is 2. The lowest BCUT2D eigenvalue weighted by atomic mass is 10.1. The largest absolute Gasteiger partial charge is 0.326 e. The van der Waals surface area contributed by atoms with E-state index < -0.39 is 0 Å². The van der Waals surface area contributed by atoms with E-state index in [1.807, 2.05) is 31.2 Å². The molecule has 0 saturated heterocycles. The highest BCUT2D eigenvalue weighted by Gasteiger charge is 2.09. The fraction of sp³-hybridized carbons (Fsp3) is 0.250. The van der Waals surface area contributed by atoms with E-state index in [4.69, 9.17) is 11.6 Å². The summed E-state index contributed by atoms with van der Waals surface area (Å²) in [5, 5.41) is 6.87. The van der Waals surface area contributed by atoms with Crippen molar-refractivity contribution in [2.24, 2.45) is 0 Å². The van der Waals surface area contributed by atoms with Crippen LogP contribution >= 0.6 is 22.9 Å². The smallest absolute Gasteiger partial charge is 0.226 e. The lowest BCUT2D eigenvalue weighted by Gasteiger charge is -2.05. The Morgan fingerprint density at radius 1 is 1.07 bits per heavy atom. The number of aryl methyl sites for hydroxylation is 1. The Bertz CT molecular complexity index is 971. The minimum absolute atomic E-state index is 0.0190. The van der Waals surface area contributed by atoms with E-state index in [9.17, 15) is 9.59 Å². The molecule has 0 fully saturated rings. The molecular weight excluding hydrogens is 382 g/mol. The first kappa shape index (κ1) is 19.3. The van der Waals surface area contributed by atoms with Crippen molar-refractivity contribution in [3.8, 4) is 0 Å². The first-order chi connectivity index (χ1) is 13.0. The SMILES string of the molecule is CCCC(=O)Nc1nc2ccc(CCC(=O)Nc3cccc(Cl)c3)cc2s1. The molecule has 3 aromatic rings. The summed E-state index contributed by atoms with van der Waals surface area (Å²) in [4.78, 5) is 28.3. The van der Waals surface area contributed by atoms with Crippen LogP contribution in [0.4, 0.5) is 10.8 Å². The number of rotatable bonds is 7. The van der Waals surface area contributed by atoms with E-state index in [2.05, 4.69) is 15.6 Å². The molecule has 2 amide bonds. The van der Waals surface area contributed by atoms with Crippen LogP contribution in [0, 0.1) is 0 Å². The average molecular weight is 402 g/mol. The molecule has 27 heavy (non-hydrogen) atoms. The Balaban J connectivity index is 1.60. The quantitative estimate of drug-likeness (QED) is 0.567. The molecule has 0 spiro atoms. The van der Waals surface area contributed by atoms with Crippen LogP contribution in [0.1, 0.15) is 31.7 Å². The van der Waals surface area contributed by atoms with Crippen LogP contribution in [0.15, 0.2) is 42.5 Å².